The molecular weight excluding hydrogens is 642 g/mol. The SMILES string of the molecule is COc1cnn(C)c(=O)c1-c1ccc(C[C@H](NC(=O)c2c(F)cccc2F)C(=O)O)c2cccnc12.COc1cnn(C)c(=O)c1Cl. The molecule has 3 aromatic heterocycles. The van der Waals surface area contributed by atoms with Crippen molar-refractivity contribution >= 4 is 34.4 Å². The van der Waals surface area contributed by atoms with Crippen molar-refractivity contribution in [2.24, 2.45) is 14.1 Å². The predicted molar refractivity (Wildman–Crippen MR) is 167 cm³/mol. The zero-order valence-electron chi connectivity index (χ0n) is 25.3. The van der Waals surface area contributed by atoms with Gasteiger partial charge >= 0.3 is 5.97 Å². The Morgan fingerprint density at radius 1 is 0.936 bits per heavy atom. The van der Waals surface area contributed by atoms with Gasteiger partial charge in [0, 0.05) is 37.7 Å². The normalized spacial score (nSPS) is 11.3. The Morgan fingerprint density at radius 2 is 1.55 bits per heavy atom. The lowest BCUT2D eigenvalue weighted by molar-refractivity contribution is -0.139. The summed E-state index contributed by atoms with van der Waals surface area (Å²) in [5.74, 6) is -4.27. The van der Waals surface area contributed by atoms with Crippen LogP contribution in [-0.4, -0.2) is 61.8 Å². The van der Waals surface area contributed by atoms with Crippen LogP contribution >= 0.6 is 11.6 Å². The summed E-state index contributed by atoms with van der Waals surface area (Å²) in [5.41, 5.74) is -0.101. The lowest BCUT2D eigenvalue weighted by Crippen LogP contribution is -2.43. The first-order chi connectivity index (χ1) is 22.4. The fourth-order valence-corrected chi connectivity index (χ4v) is 4.79. The molecule has 0 aliphatic heterocycles. The second-order valence-electron chi connectivity index (χ2n) is 9.81. The lowest BCUT2D eigenvalue weighted by Gasteiger charge is -2.18. The van der Waals surface area contributed by atoms with Crippen molar-refractivity contribution in [3.8, 4) is 22.6 Å². The van der Waals surface area contributed by atoms with Gasteiger partial charge in [-0.3, -0.25) is 19.4 Å². The van der Waals surface area contributed by atoms with Gasteiger partial charge in [-0.25, -0.2) is 22.9 Å². The Labute approximate surface area is 270 Å². The number of carboxylic acid groups (broad SMARTS) is 1. The minimum absolute atomic E-state index is 0.0602. The number of benzene rings is 2. The van der Waals surface area contributed by atoms with E-state index in [1.165, 1.54) is 46.9 Å². The second-order valence-corrected chi connectivity index (χ2v) is 10.2. The number of amides is 1. The zero-order valence-corrected chi connectivity index (χ0v) is 26.1. The van der Waals surface area contributed by atoms with Gasteiger partial charge in [0.2, 0.25) is 0 Å². The van der Waals surface area contributed by atoms with Crippen LogP contribution in [0, 0.1) is 11.6 Å². The highest BCUT2D eigenvalue weighted by molar-refractivity contribution is 6.31. The minimum atomic E-state index is -1.51. The molecule has 2 N–H and O–H groups in total. The van der Waals surface area contributed by atoms with Gasteiger partial charge in [-0.2, -0.15) is 10.2 Å². The Balaban J connectivity index is 0.000000385. The molecule has 47 heavy (non-hydrogen) atoms. The van der Waals surface area contributed by atoms with E-state index in [9.17, 15) is 33.1 Å². The van der Waals surface area contributed by atoms with Gasteiger partial charge in [-0.1, -0.05) is 35.9 Å². The van der Waals surface area contributed by atoms with Crippen LogP contribution in [0.3, 0.4) is 0 Å². The molecule has 0 bridgehead atoms. The molecule has 0 aliphatic carbocycles. The monoisotopic (exact) mass is 668 g/mol. The number of carboxylic acids is 1. The zero-order chi connectivity index (χ0) is 34.4. The Hall–Kier alpha value is -5.70. The van der Waals surface area contributed by atoms with Crippen LogP contribution < -0.4 is 25.9 Å². The fourth-order valence-electron chi connectivity index (χ4n) is 4.54. The van der Waals surface area contributed by atoms with Crippen molar-refractivity contribution in [2.45, 2.75) is 12.5 Å². The molecule has 16 heteroatoms. The summed E-state index contributed by atoms with van der Waals surface area (Å²) in [5, 5.41) is 20.2. The maximum Gasteiger partial charge on any atom is 0.326 e. The third kappa shape index (κ3) is 7.25. The molecule has 1 atom stereocenters. The van der Waals surface area contributed by atoms with Crippen LogP contribution in [0.25, 0.3) is 22.0 Å². The van der Waals surface area contributed by atoms with Crippen LogP contribution in [0.2, 0.25) is 5.02 Å². The van der Waals surface area contributed by atoms with Crippen LogP contribution in [-0.2, 0) is 25.3 Å². The van der Waals surface area contributed by atoms with E-state index in [4.69, 9.17) is 21.1 Å². The number of rotatable bonds is 8. The van der Waals surface area contributed by atoms with Gasteiger partial charge in [-0.05, 0) is 23.8 Å². The Bertz CT molecular complexity index is 2080. The number of pyridine rings is 1. The summed E-state index contributed by atoms with van der Waals surface area (Å²) >= 11 is 5.60. The van der Waals surface area contributed by atoms with Crippen LogP contribution in [0.4, 0.5) is 8.78 Å². The van der Waals surface area contributed by atoms with E-state index in [2.05, 4.69) is 20.5 Å². The van der Waals surface area contributed by atoms with E-state index in [0.29, 0.717) is 27.8 Å². The highest BCUT2D eigenvalue weighted by Gasteiger charge is 2.26. The molecule has 13 nitrogen and oxygen atoms in total. The number of hydrogen-bond donors (Lipinski definition) is 2. The number of nitrogens with one attached hydrogen (secondary N) is 1. The van der Waals surface area contributed by atoms with E-state index in [1.807, 2.05) is 0 Å². The first kappa shape index (κ1) is 34.2. The maximum atomic E-state index is 14.0. The highest BCUT2D eigenvalue weighted by Crippen LogP contribution is 2.33. The summed E-state index contributed by atoms with van der Waals surface area (Å²) in [6, 6.07) is 7.94. The first-order valence-electron chi connectivity index (χ1n) is 13.6. The van der Waals surface area contributed by atoms with Crippen LogP contribution in [0.1, 0.15) is 15.9 Å². The molecule has 2 aromatic carbocycles. The number of methoxy groups -OCH3 is 2. The molecule has 0 aliphatic rings. The predicted octanol–water partition coefficient (Wildman–Crippen LogP) is 3.15. The minimum Gasteiger partial charge on any atom is -0.494 e. The number of aromatic nitrogens is 5. The van der Waals surface area contributed by atoms with Crippen molar-refractivity contribution in [3.05, 3.63) is 110 Å². The summed E-state index contributed by atoms with van der Waals surface area (Å²) in [6.07, 6.45) is 4.09. The van der Waals surface area contributed by atoms with E-state index in [1.54, 1.807) is 24.3 Å². The van der Waals surface area contributed by atoms with Gasteiger partial charge < -0.3 is 19.9 Å². The molecule has 5 rings (SSSR count). The summed E-state index contributed by atoms with van der Waals surface area (Å²) in [4.78, 5) is 52.7. The Kier molecular flexibility index (Phi) is 10.6. The van der Waals surface area contributed by atoms with E-state index in [-0.39, 0.29) is 28.3 Å². The molecule has 244 valence electrons. The van der Waals surface area contributed by atoms with Crippen molar-refractivity contribution in [1.29, 1.82) is 0 Å². The number of fused-ring (bicyclic) bond motifs is 1. The van der Waals surface area contributed by atoms with E-state index >= 15 is 0 Å². The van der Waals surface area contributed by atoms with Gasteiger partial charge in [0.1, 0.15) is 23.2 Å². The number of aliphatic carboxylic acids is 1. The van der Waals surface area contributed by atoms with Gasteiger partial charge in [0.25, 0.3) is 17.0 Å². The third-order valence-electron chi connectivity index (χ3n) is 6.93. The van der Waals surface area contributed by atoms with Crippen molar-refractivity contribution in [3.63, 3.8) is 0 Å². The number of hydrogen-bond acceptors (Lipinski definition) is 9. The first-order valence-corrected chi connectivity index (χ1v) is 14.0. The number of ether oxygens (including phenoxy) is 2. The van der Waals surface area contributed by atoms with Crippen molar-refractivity contribution in [1.82, 2.24) is 29.9 Å². The smallest absolute Gasteiger partial charge is 0.326 e. The number of carbonyl (C=O) groups is 2. The average molecular weight is 669 g/mol. The van der Waals surface area contributed by atoms with E-state index < -0.39 is 40.7 Å². The quantitative estimate of drug-likeness (QED) is 0.251. The summed E-state index contributed by atoms with van der Waals surface area (Å²) in [7, 11) is 5.85. The molecule has 5 aromatic rings. The lowest BCUT2D eigenvalue weighted by atomic mass is 9.95. The van der Waals surface area contributed by atoms with Crippen molar-refractivity contribution in [2.75, 3.05) is 14.2 Å². The number of nitrogens with zero attached hydrogens (tertiary/aromatic N) is 5. The molecule has 0 saturated heterocycles. The number of carbonyl (C=O) groups excluding carboxylic acids is 1. The molecule has 0 unspecified atom stereocenters. The fraction of sp³-hybridized carbons (Fsp3) is 0.194. The van der Waals surface area contributed by atoms with Gasteiger partial charge in [0.15, 0.2) is 16.5 Å². The van der Waals surface area contributed by atoms with Gasteiger partial charge in [-0.15, -0.1) is 0 Å². The molecular formula is C31H27ClF2N6O7. The highest BCUT2D eigenvalue weighted by atomic mass is 35.5. The molecule has 3 heterocycles. The number of aryl methyl sites for hydroxylation is 2. The van der Waals surface area contributed by atoms with E-state index in [0.717, 1.165) is 27.6 Å². The summed E-state index contributed by atoms with van der Waals surface area (Å²) < 4.78 is 40.4. The van der Waals surface area contributed by atoms with Crippen LogP contribution in [0.15, 0.2) is 70.6 Å². The third-order valence-corrected chi connectivity index (χ3v) is 7.28. The molecule has 0 fully saturated rings. The standard InChI is InChI=1S/C25H20F2N4O5.C6H7ClN2O2/c1-31-24(33)20(19(36-2)12-29-31)15-9-8-13(14-5-4-10-28-22(14)15)11-18(25(34)35)30-23(32)21-16(26)6-3-7-17(21)27;1-9-6(10)5(7)4(11-2)3-8-9/h3-10,12,18H,11H2,1-2H3,(H,30,32)(H,34,35);3H,1-2H3/t18-;/m0./s1. The summed E-state index contributed by atoms with van der Waals surface area (Å²) in [6.45, 7) is 0. The molecule has 0 radical (unpaired) electrons. The second kappa shape index (κ2) is 14.6. The van der Waals surface area contributed by atoms with Crippen LogP contribution in [0.5, 0.6) is 11.5 Å². The Morgan fingerprint density at radius 3 is 2.17 bits per heavy atom. The topological polar surface area (TPSA) is 168 Å². The largest absolute Gasteiger partial charge is 0.494 e. The number of halogens is 3. The molecule has 0 spiro atoms. The van der Waals surface area contributed by atoms with Gasteiger partial charge in [0.05, 0.1) is 37.7 Å². The average Bonchev–Trinajstić information content (AvgIpc) is 3.05. The molecule has 1 amide bonds. The van der Waals surface area contributed by atoms with Crippen molar-refractivity contribution < 1.29 is 33.0 Å². The molecule has 0 saturated carbocycles. The maximum absolute atomic E-state index is 14.0.